The summed E-state index contributed by atoms with van der Waals surface area (Å²) in [5.41, 5.74) is 2.91. The van der Waals surface area contributed by atoms with Gasteiger partial charge < -0.3 is 0 Å². The van der Waals surface area contributed by atoms with Gasteiger partial charge in [-0.25, -0.2) is 0 Å². The van der Waals surface area contributed by atoms with E-state index in [1.165, 1.54) is 49.7 Å². The van der Waals surface area contributed by atoms with Crippen LogP contribution >= 0.6 is 0 Å². The molecule has 0 aliphatic carbocycles. The summed E-state index contributed by atoms with van der Waals surface area (Å²) in [6.07, 6.45) is 12.2. The molecule has 1 rings (SSSR count). The third kappa shape index (κ3) is 4.65. The molecule has 88 valence electrons. The number of hydrogen-bond donors (Lipinski definition) is 0. The highest BCUT2D eigenvalue weighted by molar-refractivity contribution is 5.53. The second-order valence-electron chi connectivity index (χ2n) is 4.35. The number of aryl methyl sites for hydroxylation is 1. The molecule has 0 unspecified atom stereocenters. The average Bonchev–Trinajstić information content (AvgIpc) is 2.32. The van der Waals surface area contributed by atoms with Crippen molar-refractivity contribution < 1.29 is 0 Å². The molecule has 1 aromatic carbocycles. The first-order chi connectivity index (χ1) is 7.88. The van der Waals surface area contributed by atoms with E-state index in [2.05, 4.69) is 50.3 Å². The summed E-state index contributed by atoms with van der Waals surface area (Å²) in [6.45, 7) is 4.48. The zero-order valence-corrected chi connectivity index (χ0v) is 10.7. The van der Waals surface area contributed by atoms with Gasteiger partial charge >= 0.3 is 0 Å². The van der Waals surface area contributed by atoms with Gasteiger partial charge in [0.1, 0.15) is 0 Å². The van der Waals surface area contributed by atoms with Gasteiger partial charge in [0.05, 0.1) is 0 Å². The molecule has 0 saturated heterocycles. The molecule has 0 heterocycles. The Labute approximate surface area is 100 Å². The third-order valence-electron chi connectivity index (χ3n) is 2.86. The van der Waals surface area contributed by atoms with Crippen molar-refractivity contribution in [2.45, 2.75) is 52.4 Å². The van der Waals surface area contributed by atoms with Crippen molar-refractivity contribution in [3.63, 3.8) is 0 Å². The van der Waals surface area contributed by atoms with Gasteiger partial charge in [-0.1, -0.05) is 69.5 Å². The van der Waals surface area contributed by atoms with Gasteiger partial charge in [0.2, 0.25) is 0 Å². The molecule has 0 aromatic heterocycles. The van der Waals surface area contributed by atoms with E-state index in [0.717, 1.165) is 0 Å². The second-order valence-corrected chi connectivity index (χ2v) is 4.35. The van der Waals surface area contributed by atoms with Crippen molar-refractivity contribution in [2.24, 2.45) is 0 Å². The summed E-state index contributed by atoms with van der Waals surface area (Å²) in [4.78, 5) is 0. The van der Waals surface area contributed by atoms with E-state index < -0.39 is 0 Å². The lowest BCUT2D eigenvalue weighted by molar-refractivity contribution is 0.717. The highest BCUT2D eigenvalue weighted by atomic mass is 14.0. The quantitative estimate of drug-likeness (QED) is 0.547. The van der Waals surface area contributed by atoms with E-state index in [9.17, 15) is 0 Å². The van der Waals surface area contributed by atoms with Crippen molar-refractivity contribution in [3.8, 4) is 0 Å². The summed E-state index contributed by atoms with van der Waals surface area (Å²) < 4.78 is 0. The molecule has 0 nitrogen and oxygen atoms in total. The molecule has 16 heavy (non-hydrogen) atoms. The van der Waals surface area contributed by atoms with Crippen LogP contribution in [-0.2, 0) is 6.42 Å². The largest absolute Gasteiger partial charge is 0.0839 e. The van der Waals surface area contributed by atoms with Crippen LogP contribution in [0.25, 0.3) is 6.08 Å². The smallest absolute Gasteiger partial charge is 0.0228 e. The highest BCUT2D eigenvalue weighted by Crippen LogP contribution is 2.14. The lowest BCUT2D eigenvalue weighted by Crippen LogP contribution is -1.89. The van der Waals surface area contributed by atoms with Crippen molar-refractivity contribution in [1.82, 2.24) is 0 Å². The predicted octanol–water partition coefficient (Wildman–Crippen LogP) is 5.23. The number of allylic oxidation sites excluding steroid dienone is 1. The van der Waals surface area contributed by atoms with Gasteiger partial charge in [0.25, 0.3) is 0 Å². The van der Waals surface area contributed by atoms with Gasteiger partial charge in [0, 0.05) is 0 Å². The lowest BCUT2D eigenvalue weighted by Gasteiger charge is -2.05. The summed E-state index contributed by atoms with van der Waals surface area (Å²) >= 11 is 0. The first-order valence-electron chi connectivity index (χ1n) is 6.63. The first kappa shape index (κ1) is 13.0. The average molecular weight is 216 g/mol. The molecule has 0 saturated carbocycles. The molecule has 0 amide bonds. The minimum atomic E-state index is 1.18. The first-order valence-corrected chi connectivity index (χ1v) is 6.63. The van der Waals surface area contributed by atoms with E-state index >= 15 is 0 Å². The van der Waals surface area contributed by atoms with Crippen molar-refractivity contribution >= 4 is 6.08 Å². The standard InChI is InChI=1S/C16H24/c1-3-5-7-11-15-13-9-10-14-16(15)12-8-6-4-2/h7,9-11,13-14H,3-6,8,12H2,1-2H3. The predicted molar refractivity (Wildman–Crippen MR) is 73.6 cm³/mol. The Kier molecular flexibility index (Phi) is 6.64. The van der Waals surface area contributed by atoms with Crippen LogP contribution in [0, 0.1) is 0 Å². The molecule has 0 atom stereocenters. The van der Waals surface area contributed by atoms with Gasteiger partial charge in [-0.05, 0) is 30.4 Å². The van der Waals surface area contributed by atoms with E-state index in [-0.39, 0.29) is 0 Å². The van der Waals surface area contributed by atoms with Crippen LogP contribution in [0.4, 0.5) is 0 Å². The van der Waals surface area contributed by atoms with Crippen molar-refractivity contribution in [2.75, 3.05) is 0 Å². The summed E-state index contributed by atoms with van der Waals surface area (Å²) in [6, 6.07) is 8.78. The molecule has 1 aromatic rings. The van der Waals surface area contributed by atoms with Gasteiger partial charge in [-0.15, -0.1) is 0 Å². The lowest BCUT2D eigenvalue weighted by atomic mass is 10.0. The van der Waals surface area contributed by atoms with Crippen LogP contribution in [0.3, 0.4) is 0 Å². The Morgan fingerprint density at radius 3 is 2.56 bits per heavy atom. The molecular formula is C16H24. The van der Waals surface area contributed by atoms with E-state index in [0.29, 0.717) is 0 Å². The van der Waals surface area contributed by atoms with E-state index in [1.54, 1.807) is 0 Å². The number of benzene rings is 1. The third-order valence-corrected chi connectivity index (χ3v) is 2.86. The minimum Gasteiger partial charge on any atom is -0.0839 e. The molecule has 0 radical (unpaired) electrons. The maximum absolute atomic E-state index is 2.29. The van der Waals surface area contributed by atoms with Crippen LogP contribution in [0.2, 0.25) is 0 Å². The van der Waals surface area contributed by atoms with Gasteiger partial charge in [-0.2, -0.15) is 0 Å². The molecular weight excluding hydrogens is 192 g/mol. The summed E-state index contributed by atoms with van der Waals surface area (Å²) in [5.74, 6) is 0. The summed E-state index contributed by atoms with van der Waals surface area (Å²) in [7, 11) is 0. The molecule has 0 fully saturated rings. The Hall–Kier alpha value is -1.04. The monoisotopic (exact) mass is 216 g/mol. The fraction of sp³-hybridized carbons (Fsp3) is 0.500. The Balaban J connectivity index is 2.60. The number of rotatable bonds is 7. The van der Waals surface area contributed by atoms with Crippen LogP contribution in [-0.4, -0.2) is 0 Å². The summed E-state index contributed by atoms with van der Waals surface area (Å²) in [5, 5.41) is 0. The molecule has 0 aliphatic heterocycles. The number of hydrogen-bond acceptors (Lipinski definition) is 0. The van der Waals surface area contributed by atoms with E-state index in [1.807, 2.05) is 0 Å². The Morgan fingerprint density at radius 1 is 1.00 bits per heavy atom. The normalized spacial score (nSPS) is 11.1. The second kappa shape index (κ2) is 8.15. The minimum absolute atomic E-state index is 1.18. The zero-order valence-electron chi connectivity index (χ0n) is 10.7. The molecule has 0 bridgehead atoms. The van der Waals surface area contributed by atoms with Crippen LogP contribution < -0.4 is 0 Å². The molecule has 0 spiro atoms. The van der Waals surface area contributed by atoms with Crippen LogP contribution in [0.15, 0.2) is 30.3 Å². The number of unbranched alkanes of at least 4 members (excludes halogenated alkanes) is 3. The molecule has 0 heteroatoms. The van der Waals surface area contributed by atoms with Gasteiger partial charge in [0.15, 0.2) is 0 Å². The Morgan fingerprint density at radius 2 is 1.81 bits per heavy atom. The van der Waals surface area contributed by atoms with Crippen LogP contribution in [0.1, 0.15) is 57.1 Å². The fourth-order valence-electron chi connectivity index (χ4n) is 1.87. The fourth-order valence-corrected chi connectivity index (χ4v) is 1.87. The zero-order chi connectivity index (χ0) is 11.6. The maximum atomic E-state index is 2.29. The van der Waals surface area contributed by atoms with Crippen molar-refractivity contribution in [1.29, 1.82) is 0 Å². The van der Waals surface area contributed by atoms with Crippen LogP contribution in [0.5, 0.6) is 0 Å². The Bertz CT molecular complexity index is 310. The molecule has 0 N–H and O–H groups in total. The maximum Gasteiger partial charge on any atom is -0.0228 e. The SMILES string of the molecule is CCCC=Cc1ccccc1CCCCC. The van der Waals surface area contributed by atoms with Crippen molar-refractivity contribution in [3.05, 3.63) is 41.5 Å². The topological polar surface area (TPSA) is 0 Å². The van der Waals surface area contributed by atoms with Gasteiger partial charge in [-0.3, -0.25) is 0 Å². The highest BCUT2D eigenvalue weighted by Gasteiger charge is 1.97. The van der Waals surface area contributed by atoms with E-state index in [4.69, 9.17) is 0 Å². The molecule has 0 aliphatic rings.